The maximum Gasteiger partial charge on any atom is 0.534 e. The fourth-order valence-corrected chi connectivity index (χ4v) is 3.10. The standard InChI is InChI=1S/C16H17F3O4S/c1-11(20)10-12-2-4-13(5-3-12)14-6-8-15(9-7-14)23-24(21,22)16(17,18)19/h2-5,8,14H,6-7,9-10H2,1H3. The van der Waals surface area contributed by atoms with Gasteiger partial charge in [-0.1, -0.05) is 24.3 Å². The van der Waals surface area contributed by atoms with Gasteiger partial charge in [-0.15, -0.1) is 0 Å². The van der Waals surface area contributed by atoms with E-state index < -0.39 is 15.6 Å². The molecule has 1 aliphatic carbocycles. The van der Waals surface area contributed by atoms with Crippen molar-refractivity contribution in [1.82, 2.24) is 0 Å². The van der Waals surface area contributed by atoms with Crippen molar-refractivity contribution >= 4 is 15.9 Å². The second-order valence-corrected chi connectivity index (χ2v) is 7.28. The number of ketones is 1. The minimum atomic E-state index is -5.60. The van der Waals surface area contributed by atoms with Crippen LogP contribution in [0.1, 0.15) is 43.2 Å². The number of halogens is 3. The van der Waals surface area contributed by atoms with E-state index in [4.69, 9.17) is 0 Å². The molecular weight excluding hydrogens is 345 g/mol. The second kappa shape index (κ2) is 6.96. The molecule has 0 bridgehead atoms. The molecule has 0 N–H and O–H groups in total. The molecule has 0 spiro atoms. The first-order valence-corrected chi connectivity index (χ1v) is 8.77. The summed E-state index contributed by atoms with van der Waals surface area (Å²) in [5.41, 5.74) is -3.52. The van der Waals surface area contributed by atoms with Crippen molar-refractivity contribution in [3.05, 3.63) is 47.2 Å². The Morgan fingerprint density at radius 3 is 2.33 bits per heavy atom. The number of carbonyl (C=O) groups is 1. The van der Waals surface area contributed by atoms with Gasteiger partial charge in [-0.05, 0) is 42.9 Å². The summed E-state index contributed by atoms with van der Waals surface area (Å²) < 4.78 is 63.0. The molecule has 0 aliphatic heterocycles. The minimum Gasteiger partial charge on any atom is -0.381 e. The molecule has 4 nitrogen and oxygen atoms in total. The number of hydrogen-bond acceptors (Lipinski definition) is 4. The number of hydrogen-bond donors (Lipinski definition) is 0. The molecule has 1 aromatic carbocycles. The van der Waals surface area contributed by atoms with E-state index in [0.717, 1.165) is 11.1 Å². The summed E-state index contributed by atoms with van der Waals surface area (Å²) in [5.74, 6) is -0.0230. The van der Waals surface area contributed by atoms with Gasteiger partial charge in [-0.3, -0.25) is 4.79 Å². The highest BCUT2D eigenvalue weighted by atomic mass is 32.2. The van der Waals surface area contributed by atoms with Crippen LogP contribution in [0.2, 0.25) is 0 Å². The lowest BCUT2D eigenvalue weighted by atomic mass is 9.86. The topological polar surface area (TPSA) is 60.4 Å². The molecule has 8 heteroatoms. The Labute approximate surface area is 138 Å². The molecule has 0 fully saturated rings. The van der Waals surface area contributed by atoms with E-state index in [9.17, 15) is 26.4 Å². The van der Waals surface area contributed by atoms with Gasteiger partial charge in [-0.2, -0.15) is 21.6 Å². The van der Waals surface area contributed by atoms with Crippen molar-refractivity contribution < 1.29 is 30.6 Å². The van der Waals surface area contributed by atoms with Gasteiger partial charge in [0.05, 0.1) is 0 Å². The molecule has 1 aromatic rings. The molecule has 2 rings (SSSR count). The average molecular weight is 362 g/mol. The van der Waals surface area contributed by atoms with Gasteiger partial charge in [-0.25, -0.2) is 0 Å². The second-order valence-electron chi connectivity index (χ2n) is 5.75. The summed E-state index contributed by atoms with van der Waals surface area (Å²) in [5, 5.41) is 0. The van der Waals surface area contributed by atoms with E-state index in [2.05, 4.69) is 4.18 Å². The predicted octanol–water partition coefficient (Wildman–Crippen LogP) is 3.84. The lowest BCUT2D eigenvalue weighted by Crippen LogP contribution is -2.25. The van der Waals surface area contributed by atoms with Gasteiger partial charge in [0.25, 0.3) is 0 Å². The van der Waals surface area contributed by atoms with Crippen molar-refractivity contribution in [2.45, 2.75) is 44.0 Å². The van der Waals surface area contributed by atoms with Crippen molar-refractivity contribution in [2.75, 3.05) is 0 Å². The molecule has 0 aromatic heterocycles. The van der Waals surface area contributed by atoms with Crippen molar-refractivity contribution in [2.24, 2.45) is 0 Å². The van der Waals surface area contributed by atoms with Crippen LogP contribution in [-0.2, 0) is 25.5 Å². The molecule has 0 radical (unpaired) electrons. The zero-order chi connectivity index (χ0) is 18.0. The smallest absolute Gasteiger partial charge is 0.381 e. The van der Waals surface area contributed by atoms with Crippen molar-refractivity contribution in [1.29, 1.82) is 0 Å². The van der Waals surface area contributed by atoms with Crippen LogP contribution in [0.3, 0.4) is 0 Å². The normalized spacial score (nSPS) is 18.8. The zero-order valence-electron chi connectivity index (χ0n) is 13.0. The molecule has 1 atom stereocenters. The predicted molar refractivity (Wildman–Crippen MR) is 81.6 cm³/mol. The number of allylic oxidation sites excluding steroid dienone is 2. The fraction of sp³-hybridized carbons (Fsp3) is 0.438. The molecular formula is C16H17F3O4S. The quantitative estimate of drug-likeness (QED) is 0.590. The number of alkyl halides is 3. The minimum absolute atomic E-state index is 0.0658. The first-order chi connectivity index (χ1) is 11.1. The van der Waals surface area contributed by atoms with Gasteiger partial charge in [0, 0.05) is 12.8 Å². The third-order valence-electron chi connectivity index (χ3n) is 3.77. The van der Waals surface area contributed by atoms with E-state index >= 15 is 0 Å². The largest absolute Gasteiger partial charge is 0.534 e. The highest BCUT2D eigenvalue weighted by Crippen LogP contribution is 2.35. The molecule has 132 valence electrons. The average Bonchev–Trinajstić information content (AvgIpc) is 2.47. The van der Waals surface area contributed by atoms with Gasteiger partial charge in [0.2, 0.25) is 0 Å². The van der Waals surface area contributed by atoms with E-state index in [1.807, 2.05) is 24.3 Å². The van der Waals surface area contributed by atoms with Crippen LogP contribution in [0, 0.1) is 0 Å². The van der Waals surface area contributed by atoms with Crippen molar-refractivity contribution in [3.63, 3.8) is 0 Å². The summed E-state index contributed by atoms with van der Waals surface area (Å²) in [6.45, 7) is 1.51. The Bertz CT molecular complexity index is 734. The van der Waals surface area contributed by atoms with Crippen LogP contribution in [0.5, 0.6) is 0 Å². The summed E-state index contributed by atoms with van der Waals surface area (Å²) in [7, 11) is -5.60. The Kier molecular flexibility index (Phi) is 5.37. The number of rotatable bonds is 5. The summed E-state index contributed by atoms with van der Waals surface area (Å²) in [6, 6.07) is 7.46. The fourth-order valence-electron chi connectivity index (χ4n) is 2.57. The van der Waals surface area contributed by atoms with Gasteiger partial charge in [0.1, 0.15) is 11.5 Å². The number of Topliss-reactive ketones (excluding diaryl/α,β-unsaturated/α-hetero) is 1. The van der Waals surface area contributed by atoms with E-state index in [0.29, 0.717) is 19.3 Å². The Morgan fingerprint density at radius 2 is 1.88 bits per heavy atom. The zero-order valence-corrected chi connectivity index (χ0v) is 13.8. The van der Waals surface area contributed by atoms with Gasteiger partial charge >= 0.3 is 15.6 Å². The molecule has 1 unspecified atom stereocenters. The Morgan fingerprint density at radius 1 is 1.25 bits per heavy atom. The summed E-state index contributed by atoms with van der Waals surface area (Å²) >= 11 is 0. The molecule has 1 aliphatic rings. The van der Waals surface area contributed by atoms with Crippen LogP contribution >= 0.6 is 0 Å². The number of carbonyl (C=O) groups excluding carboxylic acids is 1. The van der Waals surface area contributed by atoms with Crippen LogP contribution in [0.4, 0.5) is 13.2 Å². The van der Waals surface area contributed by atoms with E-state index in [1.165, 1.54) is 13.0 Å². The SMILES string of the molecule is CC(=O)Cc1ccc(C2CC=C(OS(=O)(=O)C(F)(F)F)CC2)cc1. The Balaban J connectivity index is 2.01. The first kappa shape index (κ1) is 18.5. The lowest BCUT2D eigenvalue weighted by Gasteiger charge is -2.22. The molecule has 24 heavy (non-hydrogen) atoms. The third-order valence-corrected chi connectivity index (χ3v) is 4.77. The molecule has 0 heterocycles. The Hall–Kier alpha value is -1.83. The van der Waals surface area contributed by atoms with Crippen LogP contribution in [0.15, 0.2) is 36.1 Å². The molecule has 0 amide bonds. The van der Waals surface area contributed by atoms with Crippen molar-refractivity contribution in [3.8, 4) is 0 Å². The highest BCUT2D eigenvalue weighted by Gasteiger charge is 2.48. The first-order valence-electron chi connectivity index (χ1n) is 7.36. The van der Waals surface area contributed by atoms with E-state index in [1.54, 1.807) is 0 Å². The van der Waals surface area contributed by atoms with Crippen LogP contribution in [0.25, 0.3) is 0 Å². The third kappa shape index (κ3) is 4.59. The van der Waals surface area contributed by atoms with Crippen LogP contribution in [-0.4, -0.2) is 19.7 Å². The van der Waals surface area contributed by atoms with Gasteiger partial charge in [0.15, 0.2) is 0 Å². The van der Waals surface area contributed by atoms with Crippen LogP contribution < -0.4 is 0 Å². The maximum absolute atomic E-state index is 12.3. The number of benzene rings is 1. The van der Waals surface area contributed by atoms with Gasteiger partial charge < -0.3 is 4.18 Å². The lowest BCUT2D eigenvalue weighted by molar-refractivity contribution is -0.116. The highest BCUT2D eigenvalue weighted by molar-refractivity contribution is 7.87. The monoisotopic (exact) mass is 362 g/mol. The molecule has 0 saturated carbocycles. The summed E-state index contributed by atoms with van der Waals surface area (Å²) in [4.78, 5) is 11.1. The molecule has 0 saturated heterocycles. The maximum atomic E-state index is 12.3. The van der Waals surface area contributed by atoms with E-state index in [-0.39, 0.29) is 23.9 Å². The summed E-state index contributed by atoms with van der Waals surface area (Å²) in [6.07, 6.45) is 2.76.